The summed E-state index contributed by atoms with van der Waals surface area (Å²) in [5.74, 6) is -1.58. The lowest BCUT2D eigenvalue weighted by molar-refractivity contribution is -0.138. The molecule has 136 valence electrons. The molecule has 1 fully saturated rings. The Balaban J connectivity index is 1.80. The Bertz CT molecular complexity index is 606. The molecule has 3 amide bonds. The second-order valence-corrected chi connectivity index (χ2v) is 6.42. The number of carboxylic acid groups (broad SMARTS) is 1. The van der Waals surface area contributed by atoms with Gasteiger partial charge in [0.1, 0.15) is 6.54 Å². The third-order valence-corrected chi connectivity index (χ3v) is 4.44. The molecule has 1 aromatic carbocycles. The Morgan fingerprint density at radius 3 is 2.60 bits per heavy atom. The summed E-state index contributed by atoms with van der Waals surface area (Å²) in [5.41, 5.74) is 1.02. The van der Waals surface area contributed by atoms with Crippen LogP contribution in [0.4, 0.5) is 4.79 Å². The van der Waals surface area contributed by atoms with E-state index in [1.807, 2.05) is 37.3 Å². The predicted molar refractivity (Wildman–Crippen MR) is 92.9 cm³/mol. The Labute approximate surface area is 147 Å². The van der Waals surface area contributed by atoms with Crippen LogP contribution in [0.25, 0.3) is 0 Å². The third-order valence-electron chi connectivity index (χ3n) is 4.44. The van der Waals surface area contributed by atoms with E-state index in [4.69, 9.17) is 5.11 Å². The van der Waals surface area contributed by atoms with Crippen molar-refractivity contribution >= 4 is 17.9 Å². The van der Waals surface area contributed by atoms with Crippen molar-refractivity contribution < 1.29 is 19.5 Å². The van der Waals surface area contributed by atoms with Gasteiger partial charge in [0.05, 0.1) is 6.04 Å². The zero-order chi connectivity index (χ0) is 18.2. The van der Waals surface area contributed by atoms with E-state index in [-0.39, 0.29) is 36.5 Å². The molecular weight excluding hydrogens is 322 g/mol. The number of hydrogen-bond donors (Lipinski definition) is 4. The Hall–Kier alpha value is -2.57. The fourth-order valence-corrected chi connectivity index (χ4v) is 3.11. The third kappa shape index (κ3) is 6.10. The van der Waals surface area contributed by atoms with E-state index in [1.165, 1.54) is 0 Å². The number of rotatable bonds is 6. The van der Waals surface area contributed by atoms with Gasteiger partial charge < -0.3 is 21.1 Å². The van der Waals surface area contributed by atoms with Gasteiger partial charge in [-0.25, -0.2) is 4.79 Å². The van der Waals surface area contributed by atoms with E-state index < -0.39 is 5.97 Å². The normalized spacial score (nSPS) is 21.0. The average Bonchev–Trinajstić information content (AvgIpc) is 2.60. The molecule has 4 N–H and O–H groups in total. The van der Waals surface area contributed by atoms with Crippen LogP contribution < -0.4 is 16.0 Å². The predicted octanol–water partition coefficient (Wildman–Crippen LogP) is 1.81. The summed E-state index contributed by atoms with van der Waals surface area (Å²) >= 11 is 0. The lowest BCUT2D eigenvalue weighted by atomic mass is 9.85. The maximum absolute atomic E-state index is 12.2. The van der Waals surface area contributed by atoms with Crippen molar-refractivity contribution in [2.75, 3.05) is 6.54 Å². The molecule has 7 heteroatoms. The smallest absolute Gasteiger partial charge is 0.322 e. The number of carbonyl (C=O) groups is 3. The van der Waals surface area contributed by atoms with E-state index in [0.717, 1.165) is 18.4 Å². The van der Waals surface area contributed by atoms with Crippen LogP contribution in [-0.4, -0.2) is 35.6 Å². The summed E-state index contributed by atoms with van der Waals surface area (Å²) in [5, 5.41) is 16.9. The SMILES string of the molecule is CC(NC(=O)NC1CCCC(C(=O)NCC(=O)O)C1)c1ccccc1. The van der Waals surface area contributed by atoms with Crippen molar-refractivity contribution in [3.05, 3.63) is 35.9 Å². The highest BCUT2D eigenvalue weighted by Crippen LogP contribution is 2.24. The number of carbonyl (C=O) groups excluding carboxylic acids is 2. The summed E-state index contributed by atoms with van der Waals surface area (Å²) in [7, 11) is 0. The Morgan fingerprint density at radius 2 is 1.92 bits per heavy atom. The second kappa shape index (κ2) is 9.05. The van der Waals surface area contributed by atoms with Gasteiger partial charge in [0, 0.05) is 12.0 Å². The summed E-state index contributed by atoms with van der Waals surface area (Å²) in [6, 6.07) is 9.22. The molecule has 0 aromatic heterocycles. The molecule has 1 aliphatic carbocycles. The zero-order valence-electron chi connectivity index (χ0n) is 14.3. The van der Waals surface area contributed by atoms with Crippen molar-refractivity contribution in [3.63, 3.8) is 0 Å². The van der Waals surface area contributed by atoms with Gasteiger partial charge in [-0.15, -0.1) is 0 Å². The first-order valence-electron chi connectivity index (χ1n) is 8.57. The fraction of sp³-hybridized carbons (Fsp3) is 0.500. The quantitative estimate of drug-likeness (QED) is 0.629. The minimum atomic E-state index is -1.06. The molecule has 0 spiro atoms. The van der Waals surface area contributed by atoms with Crippen LogP contribution in [0.2, 0.25) is 0 Å². The number of nitrogens with one attached hydrogen (secondary N) is 3. The molecule has 7 nitrogen and oxygen atoms in total. The zero-order valence-corrected chi connectivity index (χ0v) is 14.3. The fourth-order valence-electron chi connectivity index (χ4n) is 3.11. The lowest BCUT2D eigenvalue weighted by Gasteiger charge is -2.29. The van der Waals surface area contributed by atoms with Crippen LogP contribution in [0.15, 0.2) is 30.3 Å². The molecule has 3 atom stereocenters. The minimum absolute atomic E-state index is 0.0858. The molecule has 0 radical (unpaired) electrons. The molecule has 0 saturated heterocycles. The Morgan fingerprint density at radius 1 is 1.20 bits per heavy atom. The molecule has 0 bridgehead atoms. The molecular formula is C18H25N3O4. The summed E-state index contributed by atoms with van der Waals surface area (Å²) in [6.45, 7) is 1.54. The van der Waals surface area contributed by atoms with Crippen molar-refractivity contribution in [1.82, 2.24) is 16.0 Å². The topological polar surface area (TPSA) is 108 Å². The van der Waals surface area contributed by atoms with Crippen LogP contribution in [0.3, 0.4) is 0 Å². The summed E-state index contributed by atoms with van der Waals surface area (Å²) < 4.78 is 0. The molecule has 1 saturated carbocycles. The number of aliphatic carboxylic acids is 1. The van der Waals surface area contributed by atoms with Gasteiger partial charge in [0.15, 0.2) is 0 Å². The van der Waals surface area contributed by atoms with E-state index >= 15 is 0 Å². The highest BCUT2D eigenvalue weighted by Gasteiger charge is 2.28. The molecule has 2 rings (SSSR count). The molecule has 3 unspecified atom stereocenters. The monoisotopic (exact) mass is 347 g/mol. The maximum Gasteiger partial charge on any atom is 0.322 e. The molecule has 1 aliphatic rings. The van der Waals surface area contributed by atoms with E-state index in [0.29, 0.717) is 12.8 Å². The van der Waals surface area contributed by atoms with Crippen molar-refractivity contribution in [2.45, 2.75) is 44.7 Å². The first-order valence-corrected chi connectivity index (χ1v) is 8.57. The standard InChI is InChI=1S/C18H25N3O4/c1-12(13-6-3-2-4-7-13)20-18(25)21-15-9-5-8-14(10-15)17(24)19-11-16(22)23/h2-4,6-7,12,14-15H,5,8-11H2,1H3,(H,19,24)(H,22,23)(H2,20,21,25). The Kier molecular flexibility index (Phi) is 6.80. The highest BCUT2D eigenvalue weighted by atomic mass is 16.4. The number of hydrogen-bond acceptors (Lipinski definition) is 3. The molecule has 0 heterocycles. The van der Waals surface area contributed by atoms with Crippen LogP contribution in [-0.2, 0) is 9.59 Å². The van der Waals surface area contributed by atoms with Gasteiger partial charge in [0.2, 0.25) is 5.91 Å². The van der Waals surface area contributed by atoms with Gasteiger partial charge >= 0.3 is 12.0 Å². The van der Waals surface area contributed by atoms with Gasteiger partial charge in [0.25, 0.3) is 0 Å². The summed E-state index contributed by atoms with van der Waals surface area (Å²) in [4.78, 5) is 34.7. The molecule has 25 heavy (non-hydrogen) atoms. The lowest BCUT2D eigenvalue weighted by Crippen LogP contribution is -2.47. The second-order valence-electron chi connectivity index (χ2n) is 6.42. The summed E-state index contributed by atoms with van der Waals surface area (Å²) in [6.07, 6.45) is 2.88. The first kappa shape index (κ1) is 18.8. The number of amides is 3. The van der Waals surface area contributed by atoms with Crippen LogP contribution in [0.5, 0.6) is 0 Å². The number of benzene rings is 1. The van der Waals surface area contributed by atoms with Crippen LogP contribution in [0, 0.1) is 5.92 Å². The largest absolute Gasteiger partial charge is 0.480 e. The van der Waals surface area contributed by atoms with Crippen molar-refractivity contribution in [3.8, 4) is 0 Å². The van der Waals surface area contributed by atoms with Gasteiger partial charge in [-0.05, 0) is 31.7 Å². The van der Waals surface area contributed by atoms with E-state index in [9.17, 15) is 14.4 Å². The van der Waals surface area contributed by atoms with Gasteiger partial charge in [-0.2, -0.15) is 0 Å². The van der Waals surface area contributed by atoms with E-state index in [1.54, 1.807) is 0 Å². The van der Waals surface area contributed by atoms with Crippen molar-refractivity contribution in [2.24, 2.45) is 5.92 Å². The first-order chi connectivity index (χ1) is 12.0. The van der Waals surface area contributed by atoms with Gasteiger partial charge in [-0.1, -0.05) is 36.8 Å². The maximum atomic E-state index is 12.2. The average molecular weight is 347 g/mol. The molecule has 1 aromatic rings. The highest BCUT2D eigenvalue weighted by molar-refractivity contribution is 5.83. The minimum Gasteiger partial charge on any atom is -0.480 e. The van der Waals surface area contributed by atoms with Gasteiger partial charge in [-0.3, -0.25) is 9.59 Å². The van der Waals surface area contributed by atoms with E-state index in [2.05, 4.69) is 16.0 Å². The number of carboxylic acids is 1. The van der Waals surface area contributed by atoms with Crippen molar-refractivity contribution in [1.29, 1.82) is 0 Å². The van der Waals surface area contributed by atoms with Crippen LogP contribution in [0.1, 0.15) is 44.2 Å². The molecule has 0 aliphatic heterocycles. The number of urea groups is 1. The van der Waals surface area contributed by atoms with Crippen LogP contribution >= 0.6 is 0 Å².